The Bertz CT molecular complexity index is 491. The monoisotopic (exact) mass is 324 g/mol. The van der Waals surface area contributed by atoms with E-state index in [4.69, 9.17) is 10.1 Å². The summed E-state index contributed by atoms with van der Waals surface area (Å²) in [5.41, 5.74) is 0.992. The van der Waals surface area contributed by atoms with Gasteiger partial charge in [-0.15, -0.1) is 0 Å². The molecule has 0 aromatic rings. The Labute approximate surface area is 136 Å². The largest absolute Gasteiger partial charge is 0.396 e. The van der Waals surface area contributed by atoms with Crippen LogP contribution in [-0.2, 0) is 9.63 Å². The Morgan fingerprint density at radius 2 is 2.26 bits per heavy atom. The van der Waals surface area contributed by atoms with Gasteiger partial charge in [-0.2, -0.15) is 5.26 Å². The maximum atomic E-state index is 13.4. The van der Waals surface area contributed by atoms with Crippen molar-refractivity contribution in [2.24, 2.45) is 11.1 Å². The smallest absolute Gasteiger partial charge is 0.237 e. The molecule has 0 spiro atoms. The van der Waals surface area contributed by atoms with Gasteiger partial charge >= 0.3 is 0 Å². The molecule has 1 aliphatic carbocycles. The molecule has 0 bridgehead atoms. The zero-order chi connectivity index (χ0) is 16.8. The van der Waals surface area contributed by atoms with E-state index in [0.717, 1.165) is 25.0 Å². The molecule has 1 aliphatic heterocycles. The van der Waals surface area contributed by atoms with Crippen LogP contribution in [0.4, 0.5) is 4.39 Å². The number of carbonyl (C=O) groups excluding carboxylic acids is 1. The Morgan fingerprint density at radius 1 is 1.48 bits per heavy atom. The van der Waals surface area contributed by atoms with Gasteiger partial charge in [-0.05, 0) is 33.1 Å². The minimum absolute atomic E-state index is 0.0339. The van der Waals surface area contributed by atoms with Crippen LogP contribution in [-0.4, -0.2) is 54.5 Å². The zero-order valence-electron chi connectivity index (χ0n) is 13.8. The fourth-order valence-electron chi connectivity index (χ4n) is 3.30. The van der Waals surface area contributed by atoms with Gasteiger partial charge in [0.1, 0.15) is 18.8 Å². The Balaban J connectivity index is 1.77. The van der Waals surface area contributed by atoms with Gasteiger partial charge in [0, 0.05) is 18.4 Å². The lowest BCUT2D eigenvalue weighted by atomic mass is 10.0. The number of carbonyl (C=O) groups is 1. The molecule has 1 amide bonds. The average molecular weight is 324 g/mol. The molecule has 6 nitrogen and oxygen atoms in total. The molecule has 2 aliphatic rings. The van der Waals surface area contributed by atoms with Crippen LogP contribution in [0.1, 0.15) is 39.5 Å². The lowest BCUT2D eigenvalue weighted by molar-refractivity contribution is -0.130. The van der Waals surface area contributed by atoms with Gasteiger partial charge in [0.05, 0.1) is 24.9 Å². The first-order valence-corrected chi connectivity index (χ1v) is 8.28. The van der Waals surface area contributed by atoms with E-state index in [-0.39, 0.29) is 31.5 Å². The van der Waals surface area contributed by atoms with Crippen molar-refractivity contribution in [3.05, 3.63) is 0 Å². The molecule has 1 saturated carbocycles. The van der Waals surface area contributed by atoms with E-state index in [0.29, 0.717) is 12.5 Å². The number of likely N-dealkylation sites (tertiary alicyclic amines) is 1. The molecule has 1 N–H and O–H groups in total. The number of oxime groups is 1. The number of amides is 1. The number of nitrogens with zero attached hydrogens (tertiary/aromatic N) is 3. The molecule has 0 aromatic heterocycles. The van der Waals surface area contributed by atoms with E-state index < -0.39 is 12.2 Å². The van der Waals surface area contributed by atoms with Crippen LogP contribution in [0, 0.1) is 17.2 Å². The van der Waals surface area contributed by atoms with Crippen LogP contribution in [0.2, 0.25) is 0 Å². The first kappa shape index (κ1) is 17.7. The maximum Gasteiger partial charge on any atom is 0.237 e. The van der Waals surface area contributed by atoms with Crippen LogP contribution in [0.5, 0.6) is 0 Å². The molecule has 2 fully saturated rings. The fourth-order valence-corrected chi connectivity index (χ4v) is 3.30. The van der Waals surface area contributed by atoms with Crippen molar-refractivity contribution in [3.8, 4) is 6.07 Å². The quantitative estimate of drug-likeness (QED) is 0.595. The van der Waals surface area contributed by atoms with Crippen molar-refractivity contribution < 1.29 is 14.0 Å². The number of alkyl halides is 1. The molecule has 7 heteroatoms. The molecule has 4 atom stereocenters. The molecule has 0 radical (unpaired) electrons. The summed E-state index contributed by atoms with van der Waals surface area (Å²) in [6, 6.07) is 1.62. The highest BCUT2D eigenvalue weighted by atomic mass is 19.1. The van der Waals surface area contributed by atoms with Gasteiger partial charge in [0.2, 0.25) is 5.91 Å². The van der Waals surface area contributed by atoms with E-state index in [9.17, 15) is 9.18 Å². The first-order chi connectivity index (χ1) is 11.0. The predicted octanol–water partition coefficient (Wildman–Crippen LogP) is 1.62. The number of hydrogen-bond donors (Lipinski definition) is 1. The van der Waals surface area contributed by atoms with Crippen molar-refractivity contribution in [3.63, 3.8) is 0 Å². The highest BCUT2D eigenvalue weighted by Crippen LogP contribution is 2.27. The van der Waals surface area contributed by atoms with Gasteiger partial charge in [0.25, 0.3) is 0 Å². The van der Waals surface area contributed by atoms with Crippen molar-refractivity contribution in [2.75, 3.05) is 19.7 Å². The topological polar surface area (TPSA) is 77.7 Å². The Kier molecular flexibility index (Phi) is 6.34. The molecule has 2 rings (SSSR count). The maximum absolute atomic E-state index is 13.4. The second kappa shape index (κ2) is 8.25. The minimum atomic E-state index is -1.09. The summed E-state index contributed by atoms with van der Waals surface area (Å²) in [5.74, 6) is 0.183. The summed E-state index contributed by atoms with van der Waals surface area (Å²) >= 11 is 0. The fraction of sp³-hybridized carbons (Fsp3) is 0.812. The second-order valence-electron chi connectivity index (χ2n) is 6.26. The lowest BCUT2D eigenvalue weighted by Crippen LogP contribution is -2.43. The Morgan fingerprint density at radius 3 is 2.96 bits per heavy atom. The van der Waals surface area contributed by atoms with Crippen LogP contribution in [0.15, 0.2) is 5.16 Å². The highest BCUT2D eigenvalue weighted by molar-refractivity contribution is 5.84. The van der Waals surface area contributed by atoms with Crippen LogP contribution in [0.25, 0.3) is 0 Å². The second-order valence-corrected chi connectivity index (χ2v) is 6.26. The van der Waals surface area contributed by atoms with Gasteiger partial charge in [-0.25, -0.2) is 4.39 Å². The number of nitriles is 1. The number of rotatable bonds is 6. The van der Waals surface area contributed by atoms with Crippen LogP contribution in [0.3, 0.4) is 0 Å². The third-order valence-electron chi connectivity index (χ3n) is 4.62. The van der Waals surface area contributed by atoms with E-state index in [2.05, 4.69) is 10.5 Å². The average Bonchev–Trinajstić information content (AvgIpc) is 3.16. The summed E-state index contributed by atoms with van der Waals surface area (Å²) in [6.45, 7) is 4.62. The van der Waals surface area contributed by atoms with E-state index in [1.807, 2.05) is 19.9 Å². The van der Waals surface area contributed by atoms with E-state index in [1.54, 1.807) is 0 Å². The molecular formula is C16H25FN4O2. The third-order valence-corrected chi connectivity index (χ3v) is 4.62. The van der Waals surface area contributed by atoms with E-state index in [1.165, 1.54) is 4.90 Å². The summed E-state index contributed by atoms with van der Waals surface area (Å²) in [6.07, 6.45) is 1.96. The number of nitrogens with one attached hydrogen (secondary N) is 1. The van der Waals surface area contributed by atoms with Crippen LogP contribution >= 0.6 is 0 Å². The summed E-state index contributed by atoms with van der Waals surface area (Å²) in [7, 11) is 0. The minimum Gasteiger partial charge on any atom is -0.396 e. The Hall–Kier alpha value is -1.68. The molecule has 0 unspecified atom stereocenters. The van der Waals surface area contributed by atoms with Crippen LogP contribution < -0.4 is 5.32 Å². The normalized spacial score (nSPS) is 31.2. The standard InChI is InChI=1S/C16H25FN4O2/c1-3-23-20-11(2)12-4-5-14(6-12)19-9-16(22)21-10-13(17)7-15(21)8-18/h12-15,19H,3-7,9-10H2,1-2H3/b20-11+/t12-,13+,14+,15+/m1/s1. The zero-order valence-corrected chi connectivity index (χ0v) is 13.8. The molecule has 0 aromatic carbocycles. The van der Waals surface area contributed by atoms with Gasteiger partial charge in [-0.3, -0.25) is 4.79 Å². The summed E-state index contributed by atoms with van der Waals surface area (Å²) in [4.78, 5) is 18.6. The van der Waals surface area contributed by atoms with Gasteiger partial charge in [0.15, 0.2) is 0 Å². The predicted molar refractivity (Wildman–Crippen MR) is 84.5 cm³/mol. The number of hydrogen-bond acceptors (Lipinski definition) is 5. The lowest BCUT2D eigenvalue weighted by Gasteiger charge is -2.21. The molecule has 23 heavy (non-hydrogen) atoms. The summed E-state index contributed by atoms with van der Waals surface area (Å²) in [5, 5.41) is 16.3. The molecule has 1 saturated heterocycles. The van der Waals surface area contributed by atoms with Crippen molar-refractivity contribution >= 4 is 11.6 Å². The molecule has 1 heterocycles. The molecular weight excluding hydrogens is 299 g/mol. The van der Waals surface area contributed by atoms with E-state index >= 15 is 0 Å². The van der Waals surface area contributed by atoms with Gasteiger partial charge in [-0.1, -0.05) is 5.16 Å². The summed E-state index contributed by atoms with van der Waals surface area (Å²) < 4.78 is 13.4. The molecule has 128 valence electrons. The van der Waals surface area contributed by atoms with Gasteiger partial charge < -0.3 is 15.1 Å². The first-order valence-electron chi connectivity index (χ1n) is 8.28. The SMILES string of the molecule is CCO/N=C(\C)[C@@H]1CC[C@H](NCC(=O)N2C[C@@H](F)C[C@H]2C#N)C1. The van der Waals surface area contributed by atoms with Crippen molar-refractivity contribution in [1.82, 2.24) is 10.2 Å². The highest BCUT2D eigenvalue weighted by Gasteiger charge is 2.35. The number of halogens is 1. The van der Waals surface area contributed by atoms with Crippen molar-refractivity contribution in [2.45, 2.75) is 57.8 Å². The third kappa shape index (κ3) is 4.64. The van der Waals surface area contributed by atoms with Crippen molar-refractivity contribution in [1.29, 1.82) is 5.26 Å².